The van der Waals surface area contributed by atoms with Gasteiger partial charge in [0.05, 0.1) is 16.7 Å². The Morgan fingerprint density at radius 2 is 1.15 bits per heavy atom. The van der Waals surface area contributed by atoms with E-state index in [2.05, 4.69) is 145 Å². The lowest BCUT2D eigenvalue weighted by Gasteiger charge is -2.14. The van der Waals surface area contributed by atoms with E-state index in [4.69, 9.17) is 4.98 Å². The van der Waals surface area contributed by atoms with E-state index < -0.39 is 0 Å². The Kier molecular flexibility index (Phi) is 6.91. The van der Waals surface area contributed by atoms with Crippen molar-refractivity contribution in [3.63, 3.8) is 0 Å². The molecule has 1 aliphatic rings. The third-order valence-electron chi connectivity index (χ3n) is 9.17. The molecule has 2 heterocycles. The Morgan fingerprint density at radius 1 is 0.489 bits per heavy atom. The minimum Gasteiger partial charge on any atom is -0.255 e. The van der Waals surface area contributed by atoms with Crippen LogP contribution >= 0.6 is 11.8 Å². The van der Waals surface area contributed by atoms with E-state index in [-0.39, 0.29) is 0 Å². The molecule has 0 aliphatic heterocycles. The fourth-order valence-electron chi connectivity index (χ4n) is 6.85. The predicted octanol–water partition coefficient (Wildman–Crippen LogP) is 12.4. The number of nitrogens with zero attached hydrogens (tertiary/aromatic N) is 2. The van der Waals surface area contributed by atoms with Gasteiger partial charge in [0.1, 0.15) is 0 Å². The van der Waals surface area contributed by atoms with Crippen LogP contribution in [0.1, 0.15) is 12.8 Å². The Hall–Kier alpha value is -5.51. The first-order valence-electron chi connectivity index (χ1n) is 16.1. The van der Waals surface area contributed by atoms with E-state index in [9.17, 15) is 0 Å². The molecule has 0 saturated heterocycles. The van der Waals surface area contributed by atoms with Gasteiger partial charge in [-0.05, 0) is 133 Å². The van der Waals surface area contributed by atoms with E-state index >= 15 is 0 Å². The van der Waals surface area contributed by atoms with Gasteiger partial charge in [0.2, 0.25) is 0 Å². The van der Waals surface area contributed by atoms with Gasteiger partial charge in [-0.3, -0.25) is 4.98 Å². The lowest BCUT2D eigenvalue weighted by Crippen LogP contribution is -1.90. The molecular formula is C44H30N2S. The topological polar surface area (TPSA) is 25.8 Å². The number of allylic oxidation sites excluding steroid dienone is 4. The van der Waals surface area contributed by atoms with Crippen molar-refractivity contribution in [3.8, 4) is 33.5 Å². The third kappa shape index (κ3) is 5.19. The largest absolute Gasteiger partial charge is 0.255 e. The third-order valence-corrected chi connectivity index (χ3v) is 10.3. The minimum atomic E-state index is 0.897. The second-order valence-electron chi connectivity index (χ2n) is 12.1. The molecule has 6 aromatic carbocycles. The maximum absolute atomic E-state index is 5.04. The highest BCUT2D eigenvalue weighted by molar-refractivity contribution is 8.03. The molecule has 0 N–H and O–H groups in total. The number of hydrogen-bond donors (Lipinski definition) is 0. The first-order valence-corrected chi connectivity index (χ1v) is 16.9. The van der Waals surface area contributed by atoms with Crippen molar-refractivity contribution in [1.29, 1.82) is 0 Å². The summed E-state index contributed by atoms with van der Waals surface area (Å²) < 4.78 is 0. The molecule has 0 bridgehead atoms. The van der Waals surface area contributed by atoms with Gasteiger partial charge in [-0.2, -0.15) is 0 Å². The molecule has 47 heavy (non-hydrogen) atoms. The van der Waals surface area contributed by atoms with Crippen molar-refractivity contribution < 1.29 is 0 Å². The normalized spacial score (nSPS) is 13.1. The monoisotopic (exact) mass is 618 g/mol. The Morgan fingerprint density at radius 3 is 1.87 bits per heavy atom. The molecule has 0 amide bonds. The molecule has 0 saturated carbocycles. The molecule has 0 unspecified atom stereocenters. The van der Waals surface area contributed by atoms with Crippen molar-refractivity contribution in [1.82, 2.24) is 9.97 Å². The fraction of sp³-hybridized carbons (Fsp3) is 0.0455. The zero-order valence-electron chi connectivity index (χ0n) is 25.7. The van der Waals surface area contributed by atoms with Crippen LogP contribution in [0.5, 0.6) is 0 Å². The van der Waals surface area contributed by atoms with Crippen LogP contribution in [0, 0.1) is 0 Å². The SMILES string of the molecule is C1=CCCC(Sc2ccc(-c3cc(-c4ccc5c6ccccc6c6ccccc6c5c4)cc(-c4ccc5ncccc5n4)c3)cc2)=C1. The maximum atomic E-state index is 5.04. The van der Waals surface area contributed by atoms with Crippen molar-refractivity contribution in [2.24, 2.45) is 0 Å². The van der Waals surface area contributed by atoms with Gasteiger partial charge in [-0.15, -0.1) is 0 Å². The van der Waals surface area contributed by atoms with Gasteiger partial charge in [0.25, 0.3) is 0 Å². The van der Waals surface area contributed by atoms with Crippen LogP contribution in [0.15, 0.2) is 168 Å². The lowest BCUT2D eigenvalue weighted by molar-refractivity contribution is 1.02. The quantitative estimate of drug-likeness (QED) is 0.180. The highest BCUT2D eigenvalue weighted by Crippen LogP contribution is 2.39. The summed E-state index contributed by atoms with van der Waals surface area (Å²) in [4.78, 5) is 12.2. The molecule has 0 spiro atoms. The van der Waals surface area contributed by atoms with Crippen LogP contribution in [0.2, 0.25) is 0 Å². The Bertz CT molecular complexity index is 2510. The number of benzene rings is 6. The van der Waals surface area contributed by atoms with E-state index in [0.717, 1.165) is 35.1 Å². The second kappa shape index (κ2) is 11.7. The van der Waals surface area contributed by atoms with E-state index in [1.165, 1.54) is 64.4 Å². The number of aromatic nitrogens is 2. The van der Waals surface area contributed by atoms with Crippen LogP contribution in [0.4, 0.5) is 0 Å². The summed E-state index contributed by atoms with van der Waals surface area (Å²) >= 11 is 1.87. The van der Waals surface area contributed by atoms with Crippen molar-refractivity contribution in [2.45, 2.75) is 17.7 Å². The lowest BCUT2D eigenvalue weighted by atomic mass is 9.90. The van der Waals surface area contributed by atoms with E-state index in [1.54, 1.807) is 0 Å². The summed E-state index contributed by atoms with van der Waals surface area (Å²) in [6.45, 7) is 0. The summed E-state index contributed by atoms with van der Waals surface area (Å²) in [5, 5.41) is 7.69. The van der Waals surface area contributed by atoms with Gasteiger partial charge < -0.3 is 0 Å². The van der Waals surface area contributed by atoms with Gasteiger partial charge in [0, 0.05) is 16.7 Å². The van der Waals surface area contributed by atoms with Crippen LogP contribution in [-0.4, -0.2) is 9.97 Å². The number of pyridine rings is 2. The molecular weight excluding hydrogens is 589 g/mol. The smallest absolute Gasteiger partial charge is 0.0894 e. The molecule has 2 nitrogen and oxygen atoms in total. The molecule has 222 valence electrons. The summed E-state index contributed by atoms with van der Waals surface area (Å²) in [6, 6.07) is 48.5. The molecule has 8 aromatic rings. The molecule has 3 heteroatoms. The first-order chi connectivity index (χ1) is 23.3. The van der Waals surface area contributed by atoms with Crippen molar-refractivity contribution in [3.05, 3.63) is 163 Å². The van der Waals surface area contributed by atoms with Gasteiger partial charge >= 0.3 is 0 Å². The van der Waals surface area contributed by atoms with E-state index in [1.807, 2.05) is 30.1 Å². The molecule has 0 fully saturated rings. The van der Waals surface area contributed by atoms with E-state index in [0.29, 0.717) is 0 Å². The van der Waals surface area contributed by atoms with Crippen LogP contribution in [0.3, 0.4) is 0 Å². The number of hydrogen-bond acceptors (Lipinski definition) is 3. The first kappa shape index (κ1) is 27.8. The average Bonchev–Trinajstić information content (AvgIpc) is 3.15. The number of fused-ring (bicyclic) bond motifs is 7. The molecule has 0 radical (unpaired) electrons. The molecule has 0 atom stereocenters. The van der Waals surface area contributed by atoms with Gasteiger partial charge in [-0.25, -0.2) is 4.98 Å². The number of rotatable bonds is 5. The molecule has 9 rings (SSSR count). The summed E-state index contributed by atoms with van der Waals surface area (Å²) in [7, 11) is 0. The summed E-state index contributed by atoms with van der Waals surface area (Å²) in [5.41, 5.74) is 8.54. The number of thioether (sulfide) groups is 1. The summed E-state index contributed by atoms with van der Waals surface area (Å²) in [6.07, 6.45) is 10.7. The zero-order chi connectivity index (χ0) is 31.2. The Balaban J connectivity index is 1.21. The van der Waals surface area contributed by atoms with Crippen molar-refractivity contribution >= 4 is 55.1 Å². The molecule has 2 aromatic heterocycles. The standard InChI is InChI=1S/C44H30N2S/c1-2-9-34(10-3-1)47-35-19-16-29(17-20-35)31-25-32(27-33(26-31)42-22-23-43-44(46-42)15-8-24-45-43)30-18-21-40-38-13-5-4-11-36(38)37-12-6-7-14-39(37)41(40)28-30/h1-2,4-9,11-28H,3,10H2. The highest BCUT2D eigenvalue weighted by atomic mass is 32.2. The zero-order valence-corrected chi connectivity index (χ0v) is 26.5. The van der Waals surface area contributed by atoms with Crippen LogP contribution in [0.25, 0.3) is 76.9 Å². The predicted molar refractivity (Wildman–Crippen MR) is 201 cm³/mol. The Labute approximate surface area is 278 Å². The minimum absolute atomic E-state index is 0.897. The van der Waals surface area contributed by atoms with Gasteiger partial charge in [-0.1, -0.05) is 103 Å². The highest BCUT2D eigenvalue weighted by Gasteiger charge is 2.13. The fourth-order valence-corrected chi connectivity index (χ4v) is 7.79. The summed E-state index contributed by atoms with van der Waals surface area (Å²) in [5.74, 6) is 0. The maximum Gasteiger partial charge on any atom is 0.0894 e. The second-order valence-corrected chi connectivity index (χ2v) is 13.3. The molecule has 1 aliphatic carbocycles. The van der Waals surface area contributed by atoms with Crippen LogP contribution < -0.4 is 0 Å². The average molecular weight is 619 g/mol. The van der Waals surface area contributed by atoms with Crippen LogP contribution in [-0.2, 0) is 0 Å². The van der Waals surface area contributed by atoms with Crippen molar-refractivity contribution in [2.75, 3.05) is 0 Å². The van der Waals surface area contributed by atoms with Gasteiger partial charge in [0.15, 0.2) is 0 Å².